The van der Waals surface area contributed by atoms with Crippen LogP contribution in [0.15, 0.2) is 23.1 Å². The monoisotopic (exact) mass is 337 g/mol. The number of nitrogens with two attached hydrogens (primary N) is 1. The number of primary amides is 1. The molecular weight excluding hydrogens is 327 g/mol. The average Bonchev–Trinajstić information content (AvgIpc) is 2.41. The van der Waals surface area contributed by atoms with Crippen molar-refractivity contribution in [2.75, 3.05) is 12.3 Å². The molecule has 0 aliphatic heterocycles. The van der Waals surface area contributed by atoms with Gasteiger partial charge in [0.05, 0.1) is 15.6 Å². The summed E-state index contributed by atoms with van der Waals surface area (Å²) < 4.78 is 35.7. The molecule has 7 nitrogen and oxygen atoms in total. The van der Waals surface area contributed by atoms with Crippen molar-refractivity contribution >= 4 is 29.3 Å². The predicted octanol–water partition coefficient (Wildman–Crippen LogP) is 1.46. The number of rotatable bonds is 6. The number of alkyl halides is 3. The molecule has 0 spiro atoms. The Bertz CT molecular complexity index is 607. The van der Waals surface area contributed by atoms with Gasteiger partial charge < -0.3 is 11.1 Å². The molecule has 0 radical (unpaired) electrons. The van der Waals surface area contributed by atoms with Crippen LogP contribution in [0.4, 0.5) is 18.9 Å². The summed E-state index contributed by atoms with van der Waals surface area (Å²) in [6.45, 7) is -1.48. The van der Waals surface area contributed by atoms with Gasteiger partial charge in [0.15, 0.2) is 0 Å². The second-order valence-electron chi connectivity index (χ2n) is 3.98. The highest BCUT2D eigenvalue weighted by Gasteiger charge is 2.27. The third-order valence-corrected chi connectivity index (χ3v) is 3.35. The number of hydrogen-bond acceptors (Lipinski definition) is 5. The molecule has 0 atom stereocenters. The lowest BCUT2D eigenvalue weighted by Crippen LogP contribution is -2.34. The van der Waals surface area contributed by atoms with E-state index in [1.807, 2.05) is 0 Å². The zero-order valence-electron chi connectivity index (χ0n) is 10.8. The second-order valence-corrected chi connectivity index (χ2v) is 5.00. The van der Waals surface area contributed by atoms with E-state index in [2.05, 4.69) is 0 Å². The maximum Gasteiger partial charge on any atom is 0.405 e. The Labute approximate surface area is 126 Å². The van der Waals surface area contributed by atoms with Gasteiger partial charge in [-0.15, -0.1) is 11.8 Å². The van der Waals surface area contributed by atoms with E-state index in [0.29, 0.717) is 11.8 Å². The van der Waals surface area contributed by atoms with Crippen molar-refractivity contribution in [2.45, 2.75) is 11.1 Å². The van der Waals surface area contributed by atoms with E-state index < -0.39 is 40.9 Å². The quantitative estimate of drug-likeness (QED) is 0.463. The maximum atomic E-state index is 11.9. The van der Waals surface area contributed by atoms with Crippen LogP contribution in [0.3, 0.4) is 0 Å². The van der Waals surface area contributed by atoms with Crippen LogP contribution in [-0.2, 0) is 4.79 Å². The topological polar surface area (TPSA) is 115 Å². The van der Waals surface area contributed by atoms with Crippen molar-refractivity contribution in [1.29, 1.82) is 0 Å². The molecule has 1 aromatic carbocycles. The number of hydrogen-bond donors (Lipinski definition) is 2. The summed E-state index contributed by atoms with van der Waals surface area (Å²) >= 11 is 0.681. The fraction of sp³-hybridized carbons (Fsp3) is 0.273. The number of amides is 2. The lowest BCUT2D eigenvalue weighted by atomic mass is 10.2. The largest absolute Gasteiger partial charge is 0.405 e. The van der Waals surface area contributed by atoms with E-state index in [1.54, 1.807) is 5.32 Å². The number of halogens is 3. The Balaban J connectivity index is 2.75. The highest BCUT2D eigenvalue weighted by molar-refractivity contribution is 8.00. The van der Waals surface area contributed by atoms with Gasteiger partial charge in [-0.3, -0.25) is 19.7 Å². The first-order valence-electron chi connectivity index (χ1n) is 5.64. The predicted molar refractivity (Wildman–Crippen MR) is 71.4 cm³/mol. The molecule has 0 heterocycles. The molecule has 1 aromatic rings. The molecule has 0 unspecified atom stereocenters. The van der Waals surface area contributed by atoms with E-state index in [0.717, 1.165) is 6.07 Å². The summed E-state index contributed by atoms with van der Waals surface area (Å²) in [7, 11) is 0. The molecule has 0 saturated carbocycles. The van der Waals surface area contributed by atoms with E-state index in [-0.39, 0.29) is 10.5 Å². The highest BCUT2D eigenvalue weighted by Crippen LogP contribution is 2.30. The molecule has 120 valence electrons. The Morgan fingerprint density at radius 1 is 1.36 bits per heavy atom. The third kappa shape index (κ3) is 5.60. The Kier molecular flexibility index (Phi) is 5.74. The number of carbonyl (C=O) groups is 2. The van der Waals surface area contributed by atoms with Crippen molar-refractivity contribution in [1.82, 2.24) is 5.32 Å². The highest BCUT2D eigenvalue weighted by atomic mass is 32.2. The first-order chi connectivity index (χ1) is 10.1. The fourth-order valence-corrected chi connectivity index (χ4v) is 2.16. The molecule has 0 aliphatic rings. The average molecular weight is 337 g/mol. The van der Waals surface area contributed by atoms with Crippen molar-refractivity contribution in [3.05, 3.63) is 33.9 Å². The van der Waals surface area contributed by atoms with Gasteiger partial charge >= 0.3 is 6.18 Å². The molecule has 0 fully saturated rings. The lowest BCUT2D eigenvalue weighted by molar-refractivity contribution is -0.387. The van der Waals surface area contributed by atoms with Crippen LogP contribution in [-0.4, -0.2) is 35.2 Å². The standard InChI is InChI=1S/C11H10F3N3O4S/c12-11(13,14)5-16-9(18)4-22-8-2-1-6(10(15)19)3-7(8)17(20)21/h1-3H,4-5H2,(H2,15,19)(H,16,18). The molecule has 0 saturated heterocycles. The minimum absolute atomic E-state index is 0.0390. The Hall–Kier alpha value is -2.30. The number of nitro groups is 1. The smallest absolute Gasteiger partial charge is 0.366 e. The number of nitrogens with zero attached hydrogens (tertiary/aromatic N) is 1. The van der Waals surface area contributed by atoms with Gasteiger partial charge in [0.1, 0.15) is 6.54 Å². The molecule has 0 bridgehead atoms. The number of benzene rings is 1. The first-order valence-corrected chi connectivity index (χ1v) is 6.63. The van der Waals surface area contributed by atoms with E-state index >= 15 is 0 Å². The van der Waals surface area contributed by atoms with Crippen LogP contribution >= 0.6 is 11.8 Å². The molecule has 11 heteroatoms. The van der Waals surface area contributed by atoms with Gasteiger partial charge in [-0.25, -0.2) is 0 Å². The van der Waals surface area contributed by atoms with Crippen LogP contribution in [0, 0.1) is 10.1 Å². The fourth-order valence-electron chi connectivity index (χ4n) is 1.33. The molecule has 3 N–H and O–H groups in total. The lowest BCUT2D eigenvalue weighted by Gasteiger charge is -2.08. The van der Waals surface area contributed by atoms with Gasteiger partial charge in [-0.1, -0.05) is 0 Å². The maximum absolute atomic E-state index is 11.9. The summed E-state index contributed by atoms with van der Waals surface area (Å²) in [5.41, 5.74) is 4.46. The zero-order valence-corrected chi connectivity index (χ0v) is 11.7. The van der Waals surface area contributed by atoms with Crippen molar-refractivity contribution in [3.8, 4) is 0 Å². The van der Waals surface area contributed by atoms with Gasteiger partial charge in [0, 0.05) is 11.6 Å². The van der Waals surface area contributed by atoms with Crippen molar-refractivity contribution < 1.29 is 27.7 Å². The summed E-state index contributed by atoms with van der Waals surface area (Å²) in [5, 5.41) is 12.5. The van der Waals surface area contributed by atoms with Crippen LogP contribution < -0.4 is 11.1 Å². The molecular formula is C11H10F3N3O4S. The SMILES string of the molecule is NC(=O)c1ccc(SCC(=O)NCC(F)(F)F)c([N+](=O)[O-])c1. The van der Waals surface area contributed by atoms with Crippen molar-refractivity contribution in [3.63, 3.8) is 0 Å². The summed E-state index contributed by atoms with van der Waals surface area (Å²) in [6, 6.07) is 3.38. The van der Waals surface area contributed by atoms with Crippen LogP contribution in [0.5, 0.6) is 0 Å². The summed E-state index contributed by atoms with van der Waals surface area (Å²) in [5.74, 6) is -2.22. The second kappa shape index (κ2) is 7.11. The molecule has 2 amide bonds. The van der Waals surface area contributed by atoms with Gasteiger partial charge in [0.25, 0.3) is 5.69 Å². The van der Waals surface area contributed by atoms with Gasteiger partial charge in [-0.05, 0) is 12.1 Å². The van der Waals surface area contributed by atoms with E-state index in [9.17, 15) is 32.9 Å². The number of thioether (sulfide) groups is 1. The van der Waals surface area contributed by atoms with E-state index in [4.69, 9.17) is 5.73 Å². The molecule has 0 aliphatic carbocycles. The van der Waals surface area contributed by atoms with Crippen LogP contribution in [0.1, 0.15) is 10.4 Å². The molecule has 0 aromatic heterocycles. The minimum Gasteiger partial charge on any atom is -0.366 e. The number of nitro benzene ring substituents is 1. The summed E-state index contributed by atoms with van der Waals surface area (Å²) in [6.07, 6.45) is -4.53. The summed E-state index contributed by atoms with van der Waals surface area (Å²) in [4.78, 5) is 32.4. The van der Waals surface area contributed by atoms with Gasteiger partial charge in [-0.2, -0.15) is 13.2 Å². The first kappa shape index (κ1) is 17.8. The van der Waals surface area contributed by atoms with Crippen LogP contribution in [0.25, 0.3) is 0 Å². The van der Waals surface area contributed by atoms with Gasteiger partial charge in [0.2, 0.25) is 11.8 Å². The molecule has 1 rings (SSSR count). The minimum atomic E-state index is -4.53. The third-order valence-electron chi connectivity index (χ3n) is 2.28. The normalized spacial score (nSPS) is 11.0. The van der Waals surface area contributed by atoms with Crippen molar-refractivity contribution in [2.24, 2.45) is 5.73 Å². The Morgan fingerprint density at radius 2 is 2.00 bits per heavy atom. The molecule has 22 heavy (non-hydrogen) atoms. The number of nitrogens with one attached hydrogen (secondary N) is 1. The van der Waals surface area contributed by atoms with Crippen LogP contribution in [0.2, 0.25) is 0 Å². The Morgan fingerprint density at radius 3 is 2.50 bits per heavy atom. The van der Waals surface area contributed by atoms with E-state index in [1.165, 1.54) is 12.1 Å². The number of carbonyl (C=O) groups excluding carboxylic acids is 2. The zero-order chi connectivity index (χ0) is 16.9.